The molecule has 0 saturated heterocycles. The summed E-state index contributed by atoms with van der Waals surface area (Å²) in [5, 5.41) is 13.0. The molecule has 1 aromatic carbocycles. The van der Waals surface area contributed by atoms with Gasteiger partial charge in [-0.25, -0.2) is 4.79 Å². The van der Waals surface area contributed by atoms with Crippen molar-refractivity contribution >= 4 is 23.4 Å². The Labute approximate surface area is 107 Å². The molecule has 0 saturated carbocycles. The first-order valence-electron chi connectivity index (χ1n) is 5.16. The number of nitrogens with one attached hydrogen (secondary N) is 1. The zero-order chi connectivity index (χ0) is 14.4. The van der Waals surface area contributed by atoms with Gasteiger partial charge < -0.3 is 21.5 Å². The van der Waals surface area contributed by atoms with Gasteiger partial charge in [-0.05, 0) is 12.1 Å². The number of nitrogens with zero attached hydrogens (tertiary/aromatic N) is 1. The highest BCUT2D eigenvalue weighted by Crippen LogP contribution is 2.21. The van der Waals surface area contributed by atoms with Crippen LogP contribution < -0.4 is 16.8 Å². The maximum Gasteiger partial charge on any atom is 0.404 e. The van der Waals surface area contributed by atoms with E-state index in [4.69, 9.17) is 11.5 Å². The fourth-order valence-electron chi connectivity index (χ4n) is 1.28. The summed E-state index contributed by atoms with van der Waals surface area (Å²) in [4.78, 5) is 31.8. The van der Waals surface area contributed by atoms with E-state index in [0.717, 1.165) is 6.07 Å². The van der Waals surface area contributed by atoms with Crippen molar-refractivity contribution in [3.8, 4) is 0 Å². The van der Waals surface area contributed by atoms with Crippen molar-refractivity contribution in [3.63, 3.8) is 0 Å². The summed E-state index contributed by atoms with van der Waals surface area (Å²) >= 11 is 0. The van der Waals surface area contributed by atoms with Gasteiger partial charge in [0.1, 0.15) is 12.3 Å². The van der Waals surface area contributed by atoms with E-state index < -0.39 is 16.9 Å². The Bertz CT molecular complexity index is 517. The molecule has 9 nitrogen and oxygen atoms in total. The molecule has 1 rings (SSSR count). The second-order valence-electron chi connectivity index (χ2n) is 3.45. The standard InChI is InChI=1S/C10H12N4O5/c11-7-5-6(1-2-8(7)14(17)18)9(15)13-3-4-19-10(12)16/h1-2,5H,3-4,11H2,(H2,12,16)(H,13,15). The molecule has 0 atom stereocenters. The number of nitro benzene ring substituents is 1. The van der Waals surface area contributed by atoms with E-state index in [9.17, 15) is 19.7 Å². The summed E-state index contributed by atoms with van der Waals surface area (Å²) in [5.41, 5.74) is 9.97. The van der Waals surface area contributed by atoms with Crippen LogP contribution in [0.5, 0.6) is 0 Å². The third kappa shape index (κ3) is 4.15. The quantitative estimate of drug-likeness (QED) is 0.296. The lowest BCUT2D eigenvalue weighted by Crippen LogP contribution is -2.29. The maximum absolute atomic E-state index is 11.6. The van der Waals surface area contributed by atoms with Crippen molar-refractivity contribution in [1.29, 1.82) is 0 Å². The van der Waals surface area contributed by atoms with Gasteiger partial charge >= 0.3 is 6.09 Å². The fraction of sp³-hybridized carbons (Fsp3) is 0.200. The van der Waals surface area contributed by atoms with Crippen LogP contribution in [-0.2, 0) is 4.74 Å². The van der Waals surface area contributed by atoms with E-state index >= 15 is 0 Å². The minimum Gasteiger partial charge on any atom is -0.448 e. The Balaban J connectivity index is 2.60. The third-order valence-electron chi connectivity index (χ3n) is 2.12. The molecule has 0 heterocycles. The summed E-state index contributed by atoms with van der Waals surface area (Å²) in [6.07, 6.45) is -0.936. The van der Waals surface area contributed by atoms with Crippen LogP contribution in [0.2, 0.25) is 0 Å². The molecule has 19 heavy (non-hydrogen) atoms. The molecule has 9 heteroatoms. The van der Waals surface area contributed by atoms with Gasteiger partial charge in [0.25, 0.3) is 11.6 Å². The van der Waals surface area contributed by atoms with Crippen LogP contribution in [0.1, 0.15) is 10.4 Å². The number of carbonyl (C=O) groups is 2. The Morgan fingerprint density at radius 2 is 2.11 bits per heavy atom. The van der Waals surface area contributed by atoms with Crippen LogP contribution in [0.25, 0.3) is 0 Å². The van der Waals surface area contributed by atoms with Gasteiger partial charge in [-0.1, -0.05) is 0 Å². The highest BCUT2D eigenvalue weighted by atomic mass is 16.6. The Hall–Kier alpha value is -2.84. The van der Waals surface area contributed by atoms with Gasteiger partial charge in [0.15, 0.2) is 0 Å². The number of nitro groups is 1. The van der Waals surface area contributed by atoms with E-state index in [1.807, 2.05) is 0 Å². The van der Waals surface area contributed by atoms with Crippen LogP contribution in [0.3, 0.4) is 0 Å². The molecule has 0 aromatic heterocycles. The summed E-state index contributed by atoms with van der Waals surface area (Å²) in [5.74, 6) is -0.491. The van der Waals surface area contributed by atoms with Crippen molar-refractivity contribution in [2.75, 3.05) is 18.9 Å². The molecule has 0 aliphatic heterocycles. The number of nitrogens with two attached hydrogens (primary N) is 2. The molecule has 2 amide bonds. The van der Waals surface area contributed by atoms with Gasteiger partial charge in [0.2, 0.25) is 0 Å². The highest BCUT2D eigenvalue weighted by molar-refractivity contribution is 5.95. The molecule has 102 valence electrons. The molecule has 1 aromatic rings. The van der Waals surface area contributed by atoms with Crippen molar-refractivity contribution in [2.24, 2.45) is 5.73 Å². The van der Waals surface area contributed by atoms with Gasteiger partial charge in [0.05, 0.1) is 11.5 Å². The van der Waals surface area contributed by atoms with E-state index in [2.05, 4.69) is 10.1 Å². The van der Waals surface area contributed by atoms with Gasteiger partial charge in [-0.2, -0.15) is 0 Å². The second kappa shape index (κ2) is 6.19. The number of ether oxygens (including phenoxy) is 1. The normalized spacial score (nSPS) is 9.68. The first-order chi connectivity index (χ1) is 8.91. The number of hydrogen-bond acceptors (Lipinski definition) is 6. The number of carbonyl (C=O) groups excluding carboxylic acids is 2. The van der Waals surface area contributed by atoms with Gasteiger partial charge in [-0.3, -0.25) is 14.9 Å². The second-order valence-corrected chi connectivity index (χ2v) is 3.45. The summed E-state index contributed by atoms with van der Waals surface area (Å²) < 4.78 is 4.41. The first-order valence-corrected chi connectivity index (χ1v) is 5.16. The zero-order valence-corrected chi connectivity index (χ0v) is 9.79. The number of nitrogen functional groups attached to an aromatic ring is 1. The molecule has 0 bridgehead atoms. The van der Waals surface area contributed by atoms with Gasteiger partial charge in [-0.15, -0.1) is 0 Å². The number of amides is 2. The monoisotopic (exact) mass is 268 g/mol. The Morgan fingerprint density at radius 3 is 2.63 bits per heavy atom. The Morgan fingerprint density at radius 1 is 1.42 bits per heavy atom. The van der Waals surface area contributed by atoms with Crippen LogP contribution in [0.4, 0.5) is 16.2 Å². The molecular formula is C10H12N4O5. The number of rotatable bonds is 5. The average molecular weight is 268 g/mol. The number of anilines is 1. The molecule has 0 radical (unpaired) electrons. The van der Waals surface area contributed by atoms with Crippen LogP contribution in [-0.4, -0.2) is 30.1 Å². The number of benzene rings is 1. The topological polar surface area (TPSA) is 151 Å². The molecule has 0 aliphatic rings. The van der Waals surface area contributed by atoms with E-state index in [1.54, 1.807) is 0 Å². The summed E-state index contributed by atoms with van der Waals surface area (Å²) in [7, 11) is 0. The smallest absolute Gasteiger partial charge is 0.404 e. The molecule has 0 spiro atoms. The minimum atomic E-state index is -0.936. The van der Waals surface area contributed by atoms with Gasteiger partial charge in [0, 0.05) is 11.6 Å². The molecule has 5 N–H and O–H groups in total. The largest absolute Gasteiger partial charge is 0.448 e. The maximum atomic E-state index is 11.6. The first kappa shape index (κ1) is 14.2. The Kier molecular flexibility index (Phi) is 4.63. The predicted molar refractivity (Wildman–Crippen MR) is 65.4 cm³/mol. The molecular weight excluding hydrogens is 256 g/mol. The lowest BCUT2D eigenvalue weighted by atomic mass is 10.1. The van der Waals surface area contributed by atoms with Crippen LogP contribution >= 0.6 is 0 Å². The van der Waals surface area contributed by atoms with E-state index in [0.29, 0.717) is 0 Å². The molecule has 0 fully saturated rings. The highest BCUT2D eigenvalue weighted by Gasteiger charge is 2.14. The van der Waals surface area contributed by atoms with Crippen molar-refractivity contribution < 1.29 is 19.2 Å². The average Bonchev–Trinajstić information content (AvgIpc) is 2.33. The minimum absolute atomic E-state index is 0.0659. The van der Waals surface area contributed by atoms with Crippen LogP contribution in [0.15, 0.2) is 18.2 Å². The zero-order valence-electron chi connectivity index (χ0n) is 9.79. The summed E-state index contributed by atoms with van der Waals surface area (Å²) in [6.45, 7) is 0.00218. The molecule has 0 aliphatic carbocycles. The van der Waals surface area contributed by atoms with Crippen molar-refractivity contribution in [3.05, 3.63) is 33.9 Å². The van der Waals surface area contributed by atoms with Crippen molar-refractivity contribution in [2.45, 2.75) is 0 Å². The fourth-order valence-corrected chi connectivity index (χ4v) is 1.28. The third-order valence-corrected chi connectivity index (χ3v) is 2.12. The van der Waals surface area contributed by atoms with E-state index in [1.165, 1.54) is 12.1 Å². The number of hydrogen-bond donors (Lipinski definition) is 3. The predicted octanol–water partition coefficient (Wildman–Crippen LogP) is 0.00210. The van der Waals surface area contributed by atoms with Crippen molar-refractivity contribution in [1.82, 2.24) is 5.32 Å². The van der Waals surface area contributed by atoms with Crippen LogP contribution in [0, 0.1) is 10.1 Å². The SMILES string of the molecule is NC(=O)OCCNC(=O)c1ccc([N+](=O)[O-])c(N)c1. The number of primary amides is 1. The van der Waals surface area contributed by atoms with E-state index in [-0.39, 0.29) is 30.1 Å². The lowest BCUT2D eigenvalue weighted by Gasteiger charge is -2.06. The molecule has 0 unspecified atom stereocenters. The lowest BCUT2D eigenvalue weighted by molar-refractivity contribution is -0.383. The summed E-state index contributed by atoms with van der Waals surface area (Å²) in [6, 6.07) is 3.62.